The SMILES string of the molecule is Cc1ccc(NC(=O)CSc2nc3ccccc3[nH]2)c(C)c1. The first-order valence-electron chi connectivity index (χ1n) is 7.06. The van der Waals surface area contributed by atoms with Crippen LogP contribution >= 0.6 is 11.8 Å². The number of aryl methyl sites for hydroxylation is 2. The Morgan fingerprint density at radius 3 is 2.82 bits per heavy atom. The monoisotopic (exact) mass is 311 g/mol. The summed E-state index contributed by atoms with van der Waals surface area (Å²) in [6.45, 7) is 4.03. The molecule has 1 aromatic heterocycles. The number of anilines is 1. The van der Waals surface area contributed by atoms with Crippen LogP contribution < -0.4 is 5.32 Å². The number of imidazole rings is 1. The van der Waals surface area contributed by atoms with Crippen molar-refractivity contribution in [2.75, 3.05) is 11.1 Å². The maximum absolute atomic E-state index is 12.1. The highest BCUT2D eigenvalue weighted by Crippen LogP contribution is 2.20. The first kappa shape index (κ1) is 14.7. The number of benzene rings is 2. The highest BCUT2D eigenvalue weighted by atomic mass is 32.2. The van der Waals surface area contributed by atoms with E-state index in [0.29, 0.717) is 5.75 Å². The topological polar surface area (TPSA) is 57.8 Å². The zero-order valence-corrected chi connectivity index (χ0v) is 13.3. The van der Waals surface area contributed by atoms with Gasteiger partial charge in [0, 0.05) is 5.69 Å². The van der Waals surface area contributed by atoms with E-state index >= 15 is 0 Å². The summed E-state index contributed by atoms with van der Waals surface area (Å²) in [7, 11) is 0. The number of thioether (sulfide) groups is 1. The van der Waals surface area contributed by atoms with Crippen LogP contribution in [0.25, 0.3) is 11.0 Å². The maximum Gasteiger partial charge on any atom is 0.234 e. The van der Waals surface area contributed by atoms with E-state index in [1.807, 2.05) is 50.2 Å². The lowest BCUT2D eigenvalue weighted by molar-refractivity contribution is -0.113. The smallest absolute Gasteiger partial charge is 0.234 e. The van der Waals surface area contributed by atoms with Gasteiger partial charge in [0.15, 0.2) is 5.16 Å². The summed E-state index contributed by atoms with van der Waals surface area (Å²) >= 11 is 1.40. The number of para-hydroxylation sites is 2. The van der Waals surface area contributed by atoms with E-state index in [9.17, 15) is 4.79 Å². The van der Waals surface area contributed by atoms with Gasteiger partial charge in [-0.2, -0.15) is 0 Å². The Morgan fingerprint density at radius 1 is 1.23 bits per heavy atom. The molecule has 0 radical (unpaired) electrons. The number of nitrogens with one attached hydrogen (secondary N) is 2. The van der Waals surface area contributed by atoms with Crippen molar-refractivity contribution in [1.29, 1.82) is 0 Å². The van der Waals surface area contributed by atoms with E-state index in [4.69, 9.17) is 0 Å². The molecule has 0 aliphatic rings. The Kier molecular flexibility index (Phi) is 4.15. The minimum Gasteiger partial charge on any atom is -0.333 e. The van der Waals surface area contributed by atoms with E-state index in [0.717, 1.165) is 27.4 Å². The number of hydrogen-bond donors (Lipinski definition) is 2. The summed E-state index contributed by atoms with van der Waals surface area (Å²) in [4.78, 5) is 19.7. The molecule has 1 heterocycles. The van der Waals surface area contributed by atoms with Crippen LogP contribution in [-0.4, -0.2) is 21.6 Å². The number of carbonyl (C=O) groups excluding carboxylic acids is 1. The first-order valence-corrected chi connectivity index (χ1v) is 8.05. The van der Waals surface area contributed by atoms with Gasteiger partial charge in [0.2, 0.25) is 5.91 Å². The third-order valence-corrected chi connectivity index (χ3v) is 4.24. The second kappa shape index (κ2) is 6.23. The molecule has 0 aliphatic heterocycles. The number of nitrogens with zero attached hydrogens (tertiary/aromatic N) is 1. The standard InChI is InChI=1S/C17H17N3OS/c1-11-7-8-13(12(2)9-11)18-16(21)10-22-17-19-14-5-3-4-6-15(14)20-17/h3-9H,10H2,1-2H3,(H,18,21)(H,19,20). The quantitative estimate of drug-likeness (QED) is 0.718. The minimum atomic E-state index is -0.0302. The number of amides is 1. The Hall–Kier alpha value is -2.27. The number of rotatable bonds is 4. The summed E-state index contributed by atoms with van der Waals surface area (Å²) in [5, 5.41) is 3.70. The predicted molar refractivity (Wildman–Crippen MR) is 91.4 cm³/mol. The summed E-state index contributed by atoms with van der Waals surface area (Å²) in [5.74, 6) is 0.296. The Labute approximate surface area is 133 Å². The largest absolute Gasteiger partial charge is 0.333 e. The summed E-state index contributed by atoms with van der Waals surface area (Å²) in [6.07, 6.45) is 0. The molecule has 0 spiro atoms. The number of H-pyrrole nitrogens is 1. The lowest BCUT2D eigenvalue weighted by atomic mass is 10.1. The van der Waals surface area contributed by atoms with Gasteiger partial charge in [-0.3, -0.25) is 4.79 Å². The van der Waals surface area contributed by atoms with Gasteiger partial charge < -0.3 is 10.3 Å². The molecular formula is C17H17N3OS. The van der Waals surface area contributed by atoms with Crippen LogP contribution in [0.2, 0.25) is 0 Å². The molecule has 3 rings (SSSR count). The maximum atomic E-state index is 12.1. The van der Waals surface area contributed by atoms with Crippen molar-refractivity contribution in [3.8, 4) is 0 Å². The summed E-state index contributed by atoms with van der Waals surface area (Å²) < 4.78 is 0. The molecule has 2 N–H and O–H groups in total. The molecule has 0 aliphatic carbocycles. The van der Waals surface area contributed by atoms with Gasteiger partial charge in [-0.05, 0) is 37.6 Å². The molecule has 4 nitrogen and oxygen atoms in total. The Morgan fingerprint density at radius 2 is 2.05 bits per heavy atom. The van der Waals surface area contributed by atoms with Crippen LogP contribution in [0.4, 0.5) is 5.69 Å². The molecule has 5 heteroatoms. The first-order chi connectivity index (χ1) is 10.6. The van der Waals surface area contributed by atoms with Gasteiger partial charge >= 0.3 is 0 Å². The van der Waals surface area contributed by atoms with E-state index in [2.05, 4.69) is 21.4 Å². The molecule has 1 amide bonds. The lowest BCUT2D eigenvalue weighted by Gasteiger charge is -2.08. The summed E-state index contributed by atoms with van der Waals surface area (Å²) in [6, 6.07) is 13.8. The molecule has 3 aromatic rings. The van der Waals surface area contributed by atoms with E-state index in [-0.39, 0.29) is 5.91 Å². The van der Waals surface area contributed by atoms with Crippen LogP contribution in [0.3, 0.4) is 0 Å². The Bertz CT molecular complexity index is 793. The van der Waals surface area contributed by atoms with Crippen LogP contribution in [0.1, 0.15) is 11.1 Å². The van der Waals surface area contributed by atoms with Gasteiger partial charge in [0.05, 0.1) is 16.8 Å². The van der Waals surface area contributed by atoms with Gasteiger partial charge in [0.1, 0.15) is 0 Å². The number of fused-ring (bicyclic) bond motifs is 1. The van der Waals surface area contributed by atoms with Crippen LogP contribution in [0, 0.1) is 13.8 Å². The van der Waals surface area contributed by atoms with Crippen LogP contribution in [0.15, 0.2) is 47.6 Å². The van der Waals surface area contributed by atoms with Crippen molar-refractivity contribution in [2.24, 2.45) is 0 Å². The molecule has 0 fully saturated rings. The molecule has 0 bridgehead atoms. The lowest BCUT2D eigenvalue weighted by Crippen LogP contribution is -2.14. The molecule has 0 saturated carbocycles. The van der Waals surface area contributed by atoms with Gasteiger partial charge in [-0.25, -0.2) is 4.98 Å². The van der Waals surface area contributed by atoms with E-state index in [1.54, 1.807) is 0 Å². The van der Waals surface area contributed by atoms with Gasteiger partial charge in [-0.1, -0.05) is 41.6 Å². The minimum absolute atomic E-state index is 0.0302. The molecule has 0 unspecified atom stereocenters. The summed E-state index contributed by atoms with van der Waals surface area (Å²) in [5.41, 5.74) is 5.02. The van der Waals surface area contributed by atoms with Crippen LogP contribution in [-0.2, 0) is 4.79 Å². The van der Waals surface area contributed by atoms with Gasteiger partial charge in [0.25, 0.3) is 0 Å². The zero-order valence-electron chi connectivity index (χ0n) is 12.5. The van der Waals surface area contributed by atoms with E-state index < -0.39 is 0 Å². The molecule has 0 saturated heterocycles. The fourth-order valence-corrected chi connectivity index (χ4v) is 2.96. The van der Waals surface area contributed by atoms with Crippen LogP contribution in [0.5, 0.6) is 0 Å². The van der Waals surface area contributed by atoms with Crippen molar-refractivity contribution in [3.63, 3.8) is 0 Å². The van der Waals surface area contributed by atoms with Crippen molar-refractivity contribution in [1.82, 2.24) is 9.97 Å². The molecule has 0 atom stereocenters. The fourth-order valence-electron chi connectivity index (χ4n) is 2.27. The molecule has 22 heavy (non-hydrogen) atoms. The number of aromatic amines is 1. The van der Waals surface area contributed by atoms with E-state index in [1.165, 1.54) is 17.3 Å². The molecule has 2 aromatic carbocycles. The number of hydrogen-bond acceptors (Lipinski definition) is 3. The predicted octanol–water partition coefficient (Wildman–Crippen LogP) is 3.91. The third-order valence-electron chi connectivity index (χ3n) is 3.36. The average molecular weight is 311 g/mol. The van der Waals surface area contributed by atoms with Crippen molar-refractivity contribution < 1.29 is 4.79 Å². The highest BCUT2D eigenvalue weighted by molar-refractivity contribution is 7.99. The van der Waals surface area contributed by atoms with Crippen molar-refractivity contribution in [3.05, 3.63) is 53.6 Å². The molecule has 112 valence electrons. The van der Waals surface area contributed by atoms with Crippen molar-refractivity contribution in [2.45, 2.75) is 19.0 Å². The number of aromatic nitrogens is 2. The van der Waals surface area contributed by atoms with Gasteiger partial charge in [-0.15, -0.1) is 0 Å². The fraction of sp³-hybridized carbons (Fsp3) is 0.176. The normalized spacial score (nSPS) is 10.8. The molecular weight excluding hydrogens is 294 g/mol. The van der Waals surface area contributed by atoms with Crippen molar-refractivity contribution >= 4 is 34.4 Å². The second-order valence-electron chi connectivity index (χ2n) is 5.21. The second-order valence-corrected chi connectivity index (χ2v) is 6.18. The Balaban J connectivity index is 1.62. The zero-order chi connectivity index (χ0) is 15.5. The third kappa shape index (κ3) is 3.31. The number of carbonyl (C=O) groups is 1. The average Bonchev–Trinajstić information content (AvgIpc) is 2.91. The highest BCUT2D eigenvalue weighted by Gasteiger charge is 2.08.